The molecule has 2 heterocycles. The molecule has 1 aromatic heterocycles. The molecule has 0 radical (unpaired) electrons. The van der Waals surface area contributed by atoms with E-state index in [1.165, 1.54) is 17.5 Å². The lowest BCUT2D eigenvalue weighted by Crippen LogP contribution is -2.42. The van der Waals surface area contributed by atoms with Crippen molar-refractivity contribution >= 4 is 23.3 Å². The Kier molecular flexibility index (Phi) is 5.97. The van der Waals surface area contributed by atoms with Gasteiger partial charge >= 0.3 is 6.09 Å². The summed E-state index contributed by atoms with van der Waals surface area (Å²) in [6.45, 7) is 12.8. The third kappa shape index (κ3) is 4.94. The summed E-state index contributed by atoms with van der Waals surface area (Å²) < 4.78 is 5.29. The average Bonchev–Trinajstić information content (AvgIpc) is 3.09. The Morgan fingerprint density at radius 2 is 2.19 bits per heavy atom. The molecule has 0 aromatic carbocycles. The quantitative estimate of drug-likeness (QED) is 0.834. The van der Waals surface area contributed by atoms with Gasteiger partial charge in [-0.05, 0) is 33.6 Å². The third-order valence-electron chi connectivity index (χ3n) is 4.65. The van der Waals surface area contributed by atoms with Crippen molar-refractivity contribution in [3.05, 3.63) is 16.1 Å². The lowest BCUT2D eigenvalue weighted by molar-refractivity contribution is 0.0496. The molecule has 0 aliphatic carbocycles. The molecule has 0 spiro atoms. The van der Waals surface area contributed by atoms with Crippen LogP contribution in [0.4, 0.5) is 4.79 Å². The minimum absolute atomic E-state index is 0.0813. The third-order valence-corrected chi connectivity index (χ3v) is 5.81. The van der Waals surface area contributed by atoms with E-state index in [1.54, 1.807) is 11.8 Å². The maximum atomic E-state index is 12.7. The molecule has 1 aromatic rings. The van der Waals surface area contributed by atoms with Crippen molar-refractivity contribution in [1.82, 2.24) is 15.2 Å². The van der Waals surface area contributed by atoms with Gasteiger partial charge in [-0.1, -0.05) is 13.8 Å². The van der Waals surface area contributed by atoms with Crippen LogP contribution in [-0.4, -0.2) is 52.2 Å². The molecule has 1 unspecified atom stereocenters. The van der Waals surface area contributed by atoms with E-state index in [0.29, 0.717) is 29.5 Å². The van der Waals surface area contributed by atoms with Crippen molar-refractivity contribution in [2.45, 2.75) is 53.2 Å². The minimum atomic E-state index is -0.678. The first-order chi connectivity index (χ1) is 11.9. The number of likely N-dealkylation sites (tertiary alicyclic amines) is 1. The molecule has 3 atom stereocenters. The molecular weight excluding hydrogens is 354 g/mol. The number of carbonyl (C=O) groups is 2. The summed E-state index contributed by atoms with van der Waals surface area (Å²) in [7, 11) is 0. The molecule has 1 fully saturated rings. The molecule has 1 aliphatic rings. The van der Waals surface area contributed by atoms with Crippen LogP contribution in [0.2, 0.25) is 0 Å². The zero-order chi connectivity index (χ0) is 19.7. The number of hydrogen-bond donors (Lipinski definition) is 2. The molecule has 0 saturated carbocycles. The van der Waals surface area contributed by atoms with Gasteiger partial charge in [0.1, 0.15) is 21.6 Å². The van der Waals surface area contributed by atoms with Gasteiger partial charge in [0, 0.05) is 25.0 Å². The van der Waals surface area contributed by atoms with Crippen LogP contribution < -0.4 is 5.32 Å². The van der Waals surface area contributed by atoms with E-state index in [9.17, 15) is 14.7 Å². The van der Waals surface area contributed by atoms with E-state index < -0.39 is 17.8 Å². The fourth-order valence-electron chi connectivity index (χ4n) is 2.92. The average molecular weight is 384 g/mol. The molecule has 146 valence electrons. The number of thiazole rings is 1. The molecule has 0 bridgehead atoms. The number of aromatic nitrogens is 1. The van der Waals surface area contributed by atoms with E-state index in [1.807, 2.05) is 20.8 Å². The van der Waals surface area contributed by atoms with Crippen LogP contribution in [0.5, 0.6) is 0 Å². The second-order valence-electron chi connectivity index (χ2n) is 8.33. The molecule has 8 heteroatoms. The number of nitrogens with one attached hydrogen (secondary N) is 1. The maximum absolute atomic E-state index is 12.7. The van der Waals surface area contributed by atoms with E-state index >= 15 is 0 Å². The summed E-state index contributed by atoms with van der Waals surface area (Å²) in [6, 6.07) is 0. The summed E-state index contributed by atoms with van der Waals surface area (Å²) in [5.74, 6) is 0.146. The van der Waals surface area contributed by atoms with Crippen LogP contribution in [0.25, 0.3) is 0 Å². The lowest BCUT2D eigenvalue weighted by Gasteiger charge is -2.29. The van der Waals surface area contributed by atoms with Gasteiger partial charge in [-0.15, -0.1) is 11.3 Å². The second-order valence-corrected chi connectivity index (χ2v) is 9.40. The number of alkyl carbamates (subject to hydrolysis) is 1. The summed E-state index contributed by atoms with van der Waals surface area (Å²) in [4.78, 5) is 31.1. The zero-order valence-corrected chi connectivity index (χ0v) is 17.1. The fraction of sp³-hybridized carbons (Fsp3) is 0.722. The normalized spacial score (nSPS) is 24.4. The highest BCUT2D eigenvalue weighted by atomic mass is 32.1. The predicted octanol–water partition coefficient (Wildman–Crippen LogP) is 2.82. The predicted molar refractivity (Wildman–Crippen MR) is 100 cm³/mol. The smallest absolute Gasteiger partial charge is 0.407 e. The molecule has 1 aliphatic heterocycles. The standard InChI is InChI=1S/C18H29N3O4S/c1-11-8-21(15(23)13-7-19-14(26-13)12(2)22)10-18(11,6)9-20-16(24)25-17(3,4)5/h7,11-12,22H,8-10H2,1-6H3,(H,20,24)/t11-,12?,18-/m1/s1. The molecule has 7 nitrogen and oxygen atoms in total. The first-order valence-electron chi connectivity index (χ1n) is 8.81. The molecular formula is C18H29N3O4S. The second kappa shape index (κ2) is 7.52. The van der Waals surface area contributed by atoms with Crippen LogP contribution in [0.1, 0.15) is 62.3 Å². The van der Waals surface area contributed by atoms with Gasteiger partial charge in [-0.2, -0.15) is 0 Å². The Morgan fingerprint density at radius 1 is 1.54 bits per heavy atom. The zero-order valence-electron chi connectivity index (χ0n) is 16.3. The minimum Gasteiger partial charge on any atom is -0.444 e. The largest absolute Gasteiger partial charge is 0.444 e. The van der Waals surface area contributed by atoms with Gasteiger partial charge in [-0.25, -0.2) is 9.78 Å². The van der Waals surface area contributed by atoms with Crippen LogP contribution >= 0.6 is 11.3 Å². The van der Waals surface area contributed by atoms with Gasteiger partial charge in [0.2, 0.25) is 0 Å². The van der Waals surface area contributed by atoms with Gasteiger partial charge in [0.05, 0.1) is 6.20 Å². The van der Waals surface area contributed by atoms with Crippen LogP contribution in [-0.2, 0) is 4.74 Å². The van der Waals surface area contributed by atoms with Crippen molar-refractivity contribution in [1.29, 1.82) is 0 Å². The summed E-state index contributed by atoms with van der Waals surface area (Å²) in [6.07, 6.45) is 0.399. The number of rotatable bonds is 4. The first-order valence-corrected chi connectivity index (χ1v) is 9.63. The monoisotopic (exact) mass is 383 g/mol. The van der Waals surface area contributed by atoms with E-state index in [4.69, 9.17) is 4.74 Å². The molecule has 26 heavy (non-hydrogen) atoms. The first kappa shape index (κ1) is 20.6. The van der Waals surface area contributed by atoms with Gasteiger partial charge in [0.25, 0.3) is 5.91 Å². The van der Waals surface area contributed by atoms with Crippen LogP contribution in [0.3, 0.4) is 0 Å². The highest BCUT2D eigenvalue weighted by Crippen LogP contribution is 2.36. The SMILES string of the molecule is CC(O)c1ncc(C(=O)N2C[C@@H](C)[C@](C)(CNC(=O)OC(C)(C)C)C2)s1. The topological polar surface area (TPSA) is 91.8 Å². The van der Waals surface area contributed by atoms with Crippen molar-refractivity contribution in [2.24, 2.45) is 11.3 Å². The number of carbonyl (C=O) groups excluding carboxylic acids is 2. The van der Waals surface area contributed by atoms with Gasteiger partial charge in [0.15, 0.2) is 0 Å². The van der Waals surface area contributed by atoms with E-state index in [-0.39, 0.29) is 17.2 Å². The van der Waals surface area contributed by atoms with Gasteiger partial charge in [-0.3, -0.25) is 4.79 Å². The van der Waals surface area contributed by atoms with E-state index in [2.05, 4.69) is 24.1 Å². The Balaban J connectivity index is 1.98. The summed E-state index contributed by atoms with van der Waals surface area (Å²) >= 11 is 1.22. The maximum Gasteiger partial charge on any atom is 0.407 e. The van der Waals surface area contributed by atoms with Crippen molar-refractivity contribution in [3.8, 4) is 0 Å². The Bertz CT molecular complexity index is 668. The van der Waals surface area contributed by atoms with Crippen LogP contribution in [0.15, 0.2) is 6.20 Å². The molecule has 2 amide bonds. The van der Waals surface area contributed by atoms with Crippen molar-refractivity contribution in [2.75, 3.05) is 19.6 Å². The Labute approximate surface area is 158 Å². The fourth-order valence-corrected chi connectivity index (χ4v) is 3.74. The highest BCUT2D eigenvalue weighted by molar-refractivity contribution is 7.13. The highest BCUT2D eigenvalue weighted by Gasteiger charge is 2.43. The lowest BCUT2D eigenvalue weighted by atomic mass is 9.81. The van der Waals surface area contributed by atoms with Crippen LogP contribution in [0, 0.1) is 11.3 Å². The van der Waals surface area contributed by atoms with Crippen molar-refractivity contribution in [3.63, 3.8) is 0 Å². The summed E-state index contributed by atoms with van der Waals surface area (Å²) in [5, 5.41) is 12.9. The van der Waals surface area contributed by atoms with Gasteiger partial charge < -0.3 is 20.1 Å². The molecule has 1 saturated heterocycles. The number of aliphatic hydroxyl groups is 1. The number of amides is 2. The van der Waals surface area contributed by atoms with Crippen molar-refractivity contribution < 1.29 is 19.4 Å². The Hall–Kier alpha value is -1.67. The van der Waals surface area contributed by atoms with E-state index in [0.717, 1.165) is 0 Å². The molecule has 2 N–H and O–H groups in total. The number of ether oxygens (including phenoxy) is 1. The number of nitrogens with zero attached hydrogens (tertiary/aromatic N) is 2. The molecule has 2 rings (SSSR count). The number of aliphatic hydroxyl groups excluding tert-OH is 1. The Morgan fingerprint density at radius 3 is 2.73 bits per heavy atom. The summed E-state index contributed by atoms with van der Waals surface area (Å²) in [5.41, 5.74) is -0.771. The number of hydrogen-bond acceptors (Lipinski definition) is 6.